The van der Waals surface area contributed by atoms with Gasteiger partial charge in [0.05, 0.1) is 11.2 Å². The molecule has 3 heterocycles. The lowest BCUT2D eigenvalue weighted by molar-refractivity contribution is 0.124. The third-order valence-electron chi connectivity index (χ3n) is 4.99. The zero-order valence-corrected chi connectivity index (χ0v) is 13.5. The Morgan fingerprint density at radius 1 is 1.22 bits per heavy atom. The smallest absolute Gasteiger partial charge is 0.321 e. The van der Waals surface area contributed by atoms with E-state index in [0.717, 1.165) is 41.9 Å². The summed E-state index contributed by atoms with van der Waals surface area (Å²) >= 11 is 0. The van der Waals surface area contributed by atoms with Crippen LogP contribution < -0.4 is 5.32 Å². The molecule has 0 bridgehead atoms. The molecule has 0 spiro atoms. The molecular formula is C18H22N4O. The van der Waals surface area contributed by atoms with E-state index in [1.165, 1.54) is 19.4 Å². The van der Waals surface area contributed by atoms with Crippen molar-refractivity contribution in [3.8, 4) is 0 Å². The van der Waals surface area contributed by atoms with Crippen LogP contribution in [-0.2, 0) is 0 Å². The quantitative estimate of drug-likeness (QED) is 0.881. The first kappa shape index (κ1) is 14.5. The first-order valence-electron chi connectivity index (χ1n) is 8.37. The molecule has 0 saturated carbocycles. The summed E-state index contributed by atoms with van der Waals surface area (Å²) in [4.78, 5) is 21.6. The number of pyridine rings is 1. The van der Waals surface area contributed by atoms with E-state index in [1.54, 1.807) is 0 Å². The summed E-state index contributed by atoms with van der Waals surface area (Å²) in [6.07, 6.45) is 2.47. The molecule has 23 heavy (non-hydrogen) atoms. The summed E-state index contributed by atoms with van der Waals surface area (Å²) in [6.45, 7) is 5.81. The van der Waals surface area contributed by atoms with Crippen molar-refractivity contribution in [3.05, 3.63) is 36.0 Å². The summed E-state index contributed by atoms with van der Waals surface area (Å²) in [6, 6.07) is 10.4. The molecule has 0 aliphatic carbocycles. The van der Waals surface area contributed by atoms with Gasteiger partial charge >= 0.3 is 6.03 Å². The highest BCUT2D eigenvalue weighted by Gasteiger charge is 2.32. The first-order valence-corrected chi connectivity index (χ1v) is 8.37. The van der Waals surface area contributed by atoms with Crippen molar-refractivity contribution >= 4 is 22.6 Å². The van der Waals surface area contributed by atoms with Gasteiger partial charge in [0.2, 0.25) is 0 Å². The second kappa shape index (κ2) is 5.81. The number of carbonyl (C=O) groups excluding carboxylic acids is 1. The van der Waals surface area contributed by atoms with Crippen LogP contribution in [0.3, 0.4) is 0 Å². The maximum Gasteiger partial charge on any atom is 0.321 e. The number of anilines is 1. The van der Waals surface area contributed by atoms with E-state index >= 15 is 0 Å². The molecule has 2 aliphatic heterocycles. The Kier molecular flexibility index (Phi) is 3.65. The van der Waals surface area contributed by atoms with Crippen LogP contribution in [0.1, 0.15) is 18.5 Å². The molecule has 2 aromatic rings. The summed E-state index contributed by atoms with van der Waals surface area (Å²) in [5.41, 5.74) is 2.75. The van der Waals surface area contributed by atoms with Crippen molar-refractivity contribution in [2.75, 3.05) is 31.5 Å². The fourth-order valence-electron chi connectivity index (χ4n) is 3.74. The molecule has 1 N–H and O–H groups in total. The fourth-order valence-corrected chi connectivity index (χ4v) is 3.74. The van der Waals surface area contributed by atoms with Gasteiger partial charge in [-0.1, -0.05) is 6.07 Å². The van der Waals surface area contributed by atoms with Gasteiger partial charge in [0.15, 0.2) is 0 Å². The number of amides is 2. The molecule has 1 aromatic carbocycles. The fraction of sp³-hybridized carbons (Fsp3) is 0.444. The minimum Gasteiger partial charge on any atom is -0.322 e. The number of nitrogens with one attached hydrogen (secondary N) is 1. The predicted molar refractivity (Wildman–Crippen MR) is 91.7 cm³/mol. The van der Waals surface area contributed by atoms with Crippen molar-refractivity contribution in [2.24, 2.45) is 0 Å². The molecule has 2 fully saturated rings. The van der Waals surface area contributed by atoms with Gasteiger partial charge < -0.3 is 10.2 Å². The molecule has 1 aromatic heterocycles. The number of hydrogen-bond donors (Lipinski definition) is 1. The number of aryl methyl sites for hydroxylation is 1. The van der Waals surface area contributed by atoms with Gasteiger partial charge in [-0.15, -0.1) is 0 Å². The van der Waals surface area contributed by atoms with Crippen molar-refractivity contribution < 1.29 is 4.79 Å². The zero-order chi connectivity index (χ0) is 15.8. The van der Waals surface area contributed by atoms with Crippen molar-refractivity contribution in [2.45, 2.75) is 25.8 Å². The van der Waals surface area contributed by atoms with E-state index in [2.05, 4.69) is 15.2 Å². The lowest BCUT2D eigenvalue weighted by Gasteiger charge is -2.37. The standard InChI is InChI=1S/C18H22N4O/c1-13-7-8-15-16(19-13)5-2-6-17(15)20-18(23)22-11-10-21-9-3-4-14(21)12-22/h2,5-8,14H,3-4,9-12H2,1H3,(H,20,23)/t14-/m0/s1. The molecule has 0 unspecified atom stereocenters. The van der Waals surface area contributed by atoms with Crippen LogP contribution in [0, 0.1) is 6.92 Å². The number of carbonyl (C=O) groups is 1. The van der Waals surface area contributed by atoms with Gasteiger partial charge in [-0.2, -0.15) is 0 Å². The van der Waals surface area contributed by atoms with Crippen LogP contribution in [0.5, 0.6) is 0 Å². The molecular weight excluding hydrogens is 288 g/mol. The molecule has 0 radical (unpaired) electrons. The summed E-state index contributed by atoms with van der Waals surface area (Å²) in [5, 5.41) is 4.07. The highest BCUT2D eigenvalue weighted by atomic mass is 16.2. The van der Waals surface area contributed by atoms with E-state index in [9.17, 15) is 4.79 Å². The minimum atomic E-state index is 0.00428. The predicted octanol–water partition coefficient (Wildman–Crippen LogP) is 2.86. The van der Waals surface area contributed by atoms with Crippen molar-refractivity contribution in [1.82, 2.24) is 14.8 Å². The molecule has 1 atom stereocenters. The van der Waals surface area contributed by atoms with E-state index in [1.807, 2.05) is 42.2 Å². The first-order chi connectivity index (χ1) is 11.2. The van der Waals surface area contributed by atoms with Crippen molar-refractivity contribution in [3.63, 3.8) is 0 Å². The number of piperazine rings is 1. The normalized spacial score (nSPS) is 21.4. The van der Waals surface area contributed by atoms with Crippen LogP contribution in [0.15, 0.2) is 30.3 Å². The maximum atomic E-state index is 12.6. The van der Waals surface area contributed by atoms with Crippen LogP contribution in [0.4, 0.5) is 10.5 Å². The van der Waals surface area contributed by atoms with Gasteiger partial charge in [-0.05, 0) is 50.6 Å². The summed E-state index contributed by atoms with van der Waals surface area (Å²) in [7, 11) is 0. The van der Waals surface area contributed by atoms with Crippen molar-refractivity contribution in [1.29, 1.82) is 0 Å². The van der Waals surface area contributed by atoms with Gasteiger partial charge in [0.1, 0.15) is 0 Å². The lowest BCUT2D eigenvalue weighted by atomic mass is 10.1. The van der Waals surface area contributed by atoms with Crippen LogP contribution in [0.25, 0.3) is 10.9 Å². The molecule has 2 amide bonds. The highest BCUT2D eigenvalue weighted by molar-refractivity contribution is 6.00. The van der Waals surface area contributed by atoms with Crippen LogP contribution in [-0.4, -0.2) is 53.0 Å². The van der Waals surface area contributed by atoms with Crippen LogP contribution in [0.2, 0.25) is 0 Å². The molecule has 5 nitrogen and oxygen atoms in total. The SMILES string of the molecule is Cc1ccc2c(NC(=O)N3CCN4CCC[C@H]4C3)cccc2n1. The largest absolute Gasteiger partial charge is 0.322 e. The number of benzene rings is 1. The number of fused-ring (bicyclic) bond motifs is 2. The minimum absolute atomic E-state index is 0.00428. The maximum absolute atomic E-state index is 12.6. The van der Waals surface area contributed by atoms with E-state index in [0.29, 0.717) is 6.04 Å². The van der Waals surface area contributed by atoms with Crippen LogP contribution >= 0.6 is 0 Å². The van der Waals surface area contributed by atoms with Gasteiger partial charge in [0.25, 0.3) is 0 Å². The third-order valence-corrected chi connectivity index (χ3v) is 4.99. The highest BCUT2D eigenvalue weighted by Crippen LogP contribution is 2.24. The number of hydrogen-bond acceptors (Lipinski definition) is 3. The molecule has 4 rings (SSSR count). The number of rotatable bonds is 1. The van der Waals surface area contributed by atoms with Gasteiger partial charge in [0, 0.05) is 36.8 Å². The van der Waals surface area contributed by atoms with E-state index in [-0.39, 0.29) is 6.03 Å². The average Bonchev–Trinajstić information content (AvgIpc) is 3.02. The number of aromatic nitrogens is 1. The topological polar surface area (TPSA) is 48.5 Å². The van der Waals surface area contributed by atoms with E-state index < -0.39 is 0 Å². The Morgan fingerprint density at radius 3 is 3.04 bits per heavy atom. The monoisotopic (exact) mass is 310 g/mol. The zero-order valence-electron chi connectivity index (χ0n) is 13.5. The Hall–Kier alpha value is -2.14. The Labute approximate surface area is 136 Å². The summed E-state index contributed by atoms with van der Waals surface area (Å²) < 4.78 is 0. The lowest BCUT2D eigenvalue weighted by Crippen LogP contribution is -2.53. The molecule has 5 heteroatoms. The van der Waals surface area contributed by atoms with E-state index in [4.69, 9.17) is 0 Å². The average molecular weight is 310 g/mol. The Morgan fingerprint density at radius 2 is 2.13 bits per heavy atom. The Bertz CT molecular complexity index is 745. The van der Waals surface area contributed by atoms with Gasteiger partial charge in [-0.3, -0.25) is 9.88 Å². The number of urea groups is 1. The number of nitrogens with zero attached hydrogens (tertiary/aromatic N) is 3. The molecule has 120 valence electrons. The van der Waals surface area contributed by atoms with Gasteiger partial charge in [-0.25, -0.2) is 4.79 Å². The Balaban J connectivity index is 1.52. The summed E-state index contributed by atoms with van der Waals surface area (Å²) in [5.74, 6) is 0. The molecule has 2 aliphatic rings. The third kappa shape index (κ3) is 2.77. The second-order valence-electron chi connectivity index (χ2n) is 6.53. The second-order valence-corrected chi connectivity index (χ2v) is 6.53. The molecule has 2 saturated heterocycles.